The van der Waals surface area contributed by atoms with Gasteiger partial charge in [0.1, 0.15) is 11.5 Å². The fourth-order valence-electron chi connectivity index (χ4n) is 4.20. The summed E-state index contributed by atoms with van der Waals surface area (Å²) in [6, 6.07) is 11.0. The highest BCUT2D eigenvalue weighted by Crippen LogP contribution is 2.47. The molecule has 0 saturated carbocycles. The molecule has 0 bridgehead atoms. The molecule has 164 valence electrons. The zero-order chi connectivity index (χ0) is 21.9. The van der Waals surface area contributed by atoms with Gasteiger partial charge in [-0.15, -0.1) is 11.8 Å². The molecule has 0 aromatic heterocycles. The molecule has 1 unspecified atom stereocenters. The topological polar surface area (TPSA) is 66.8 Å². The van der Waals surface area contributed by atoms with Gasteiger partial charge in [0.2, 0.25) is 0 Å². The van der Waals surface area contributed by atoms with Crippen molar-refractivity contribution in [1.29, 1.82) is 0 Å². The predicted octanol–water partition coefficient (Wildman–Crippen LogP) is 5.63. The van der Waals surface area contributed by atoms with Crippen molar-refractivity contribution in [2.24, 2.45) is 5.41 Å². The van der Waals surface area contributed by atoms with Crippen LogP contribution < -0.4 is 9.64 Å². The molecule has 5 nitrogen and oxygen atoms in total. The van der Waals surface area contributed by atoms with Gasteiger partial charge in [-0.25, -0.2) is 8.42 Å². The summed E-state index contributed by atoms with van der Waals surface area (Å²) in [5.41, 5.74) is 1.19. The Morgan fingerprint density at radius 1 is 1.20 bits per heavy atom. The molecule has 1 atom stereocenters. The number of hydrogen-bond acceptors (Lipinski definition) is 6. The second kappa shape index (κ2) is 9.10. The lowest BCUT2D eigenvalue weighted by molar-refractivity contribution is 0.290. The molecule has 2 aromatic rings. The molecule has 0 spiro atoms. The Bertz CT molecular complexity index is 989. The minimum atomic E-state index is -3.57. The van der Waals surface area contributed by atoms with Crippen molar-refractivity contribution in [2.75, 3.05) is 30.6 Å². The van der Waals surface area contributed by atoms with Crippen molar-refractivity contribution in [3.63, 3.8) is 0 Å². The molecular weight excluding hydrogens is 418 g/mol. The maximum absolute atomic E-state index is 13.5. The number of aromatic hydroxyl groups is 1. The second-order valence-corrected chi connectivity index (χ2v) is 10.8. The molecule has 0 radical (unpaired) electrons. The molecule has 1 N–H and O–H groups in total. The van der Waals surface area contributed by atoms with E-state index >= 15 is 0 Å². The largest absolute Gasteiger partial charge is 0.507 e. The molecule has 0 saturated heterocycles. The number of sulfone groups is 1. The van der Waals surface area contributed by atoms with E-state index in [1.807, 2.05) is 36.6 Å². The molecule has 30 heavy (non-hydrogen) atoms. The normalized spacial score (nSPS) is 20.5. The van der Waals surface area contributed by atoms with Crippen LogP contribution in [0.2, 0.25) is 0 Å². The number of thioether (sulfide) groups is 1. The third-order valence-corrected chi connectivity index (χ3v) is 8.83. The molecule has 7 heteroatoms. The number of benzene rings is 2. The summed E-state index contributed by atoms with van der Waals surface area (Å²) in [7, 11) is -1.94. The summed E-state index contributed by atoms with van der Waals surface area (Å²) in [4.78, 5) is 2.98. The zero-order valence-electron chi connectivity index (χ0n) is 18.1. The van der Waals surface area contributed by atoms with E-state index in [1.165, 1.54) is 17.8 Å². The van der Waals surface area contributed by atoms with Crippen LogP contribution in [0.15, 0.2) is 46.2 Å². The van der Waals surface area contributed by atoms with Crippen LogP contribution in [0.3, 0.4) is 0 Å². The van der Waals surface area contributed by atoms with Gasteiger partial charge in [0.05, 0.1) is 28.3 Å². The van der Waals surface area contributed by atoms with Crippen molar-refractivity contribution in [1.82, 2.24) is 0 Å². The molecule has 1 aliphatic rings. The Balaban J connectivity index is 2.24. The van der Waals surface area contributed by atoms with Gasteiger partial charge in [0.15, 0.2) is 9.84 Å². The lowest BCUT2D eigenvalue weighted by atomic mass is 9.81. The Hall–Kier alpha value is -1.86. The number of nitrogens with zero attached hydrogens (tertiary/aromatic N) is 1. The van der Waals surface area contributed by atoms with E-state index in [4.69, 9.17) is 4.74 Å². The van der Waals surface area contributed by atoms with E-state index in [0.717, 1.165) is 37.1 Å². The van der Waals surface area contributed by atoms with Crippen LogP contribution in [0.25, 0.3) is 0 Å². The number of hydrogen-bond donors (Lipinski definition) is 1. The van der Waals surface area contributed by atoms with Gasteiger partial charge in [-0.1, -0.05) is 26.7 Å². The van der Waals surface area contributed by atoms with Crippen LogP contribution in [0.4, 0.5) is 11.4 Å². The minimum absolute atomic E-state index is 0.0112. The highest BCUT2D eigenvalue weighted by molar-refractivity contribution is 7.98. The molecule has 2 aromatic carbocycles. The van der Waals surface area contributed by atoms with E-state index in [0.29, 0.717) is 17.1 Å². The van der Waals surface area contributed by atoms with Crippen LogP contribution in [-0.2, 0) is 9.84 Å². The molecule has 1 heterocycles. The number of unbranched alkanes of at least 4 members (excludes halogenated alkanes) is 1. The molecule has 1 aliphatic heterocycles. The van der Waals surface area contributed by atoms with E-state index in [2.05, 4.69) is 18.7 Å². The average Bonchev–Trinajstić information content (AvgIpc) is 2.84. The van der Waals surface area contributed by atoms with Crippen molar-refractivity contribution in [3.8, 4) is 11.5 Å². The molecular formula is C23H31NO4S2. The maximum Gasteiger partial charge on any atom is 0.181 e. The number of fused-ring (bicyclic) bond motifs is 1. The van der Waals surface area contributed by atoms with Gasteiger partial charge in [-0.3, -0.25) is 0 Å². The Kier molecular flexibility index (Phi) is 6.92. The summed E-state index contributed by atoms with van der Waals surface area (Å²) in [5.74, 6) is 0.857. The van der Waals surface area contributed by atoms with Crippen LogP contribution in [0, 0.1) is 5.41 Å². The first-order valence-electron chi connectivity index (χ1n) is 10.3. The standard InChI is InChI=1S/C23H31NO4S2/c1-5-7-12-23(6-2)15-24(17-8-10-18(28-3)11-9-17)19-13-21(29-4)20(25)14-22(19)30(26,27)16-23/h8-11,13-14,25H,5-7,12,15-16H2,1-4H3. The monoisotopic (exact) mass is 449 g/mol. The fraction of sp³-hybridized carbons (Fsp3) is 0.478. The SMILES string of the molecule is CCCCC1(CC)CN(c2ccc(OC)cc2)c2cc(SC)c(O)cc2S(=O)(=O)C1. The van der Waals surface area contributed by atoms with Crippen molar-refractivity contribution >= 4 is 33.0 Å². The smallest absolute Gasteiger partial charge is 0.181 e. The lowest BCUT2D eigenvalue weighted by Crippen LogP contribution is -2.37. The number of ether oxygens (including phenoxy) is 1. The molecule has 3 rings (SSSR count). The van der Waals surface area contributed by atoms with Crippen LogP contribution in [0.1, 0.15) is 39.5 Å². The highest BCUT2D eigenvalue weighted by atomic mass is 32.2. The number of methoxy groups -OCH3 is 1. The minimum Gasteiger partial charge on any atom is -0.507 e. The summed E-state index contributed by atoms with van der Waals surface area (Å²) in [6.45, 7) is 4.83. The third kappa shape index (κ3) is 4.42. The van der Waals surface area contributed by atoms with Crippen molar-refractivity contribution in [3.05, 3.63) is 36.4 Å². The maximum atomic E-state index is 13.5. The Labute approximate surface area is 184 Å². The lowest BCUT2D eigenvalue weighted by Gasteiger charge is -2.36. The van der Waals surface area contributed by atoms with Gasteiger partial charge < -0.3 is 14.7 Å². The highest BCUT2D eigenvalue weighted by Gasteiger charge is 2.41. The van der Waals surface area contributed by atoms with Crippen molar-refractivity contribution < 1.29 is 18.3 Å². The Morgan fingerprint density at radius 2 is 1.90 bits per heavy atom. The van der Waals surface area contributed by atoms with E-state index in [9.17, 15) is 13.5 Å². The molecule has 0 aliphatic carbocycles. The summed E-state index contributed by atoms with van der Waals surface area (Å²) in [5, 5.41) is 10.4. The summed E-state index contributed by atoms with van der Waals surface area (Å²) >= 11 is 1.41. The molecule has 0 amide bonds. The first kappa shape index (κ1) is 22.8. The number of rotatable bonds is 7. The predicted molar refractivity (Wildman–Crippen MR) is 124 cm³/mol. The quantitative estimate of drug-likeness (QED) is 0.552. The fourth-order valence-corrected chi connectivity index (χ4v) is 6.87. The van der Waals surface area contributed by atoms with E-state index < -0.39 is 9.84 Å². The number of anilines is 2. The first-order chi connectivity index (χ1) is 14.3. The number of phenols is 1. The average molecular weight is 450 g/mol. The van der Waals surface area contributed by atoms with Gasteiger partial charge in [-0.2, -0.15) is 0 Å². The zero-order valence-corrected chi connectivity index (χ0v) is 19.8. The second-order valence-electron chi connectivity index (χ2n) is 7.99. The van der Waals surface area contributed by atoms with Crippen LogP contribution in [0.5, 0.6) is 11.5 Å². The van der Waals surface area contributed by atoms with Crippen LogP contribution >= 0.6 is 11.8 Å². The Morgan fingerprint density at radius 3 is 2.47 bits per heavy atom. The van der Waals surface area contributed by atoms with Crippen molar-refractivity contribution in [2.45, 2.75) is 49.3 Å². The van der Waals surface area contributed by atoms with Gasteiger partial charge in [-0.05, 0) is 49.4 Å². The van der Waals surface area contributed by atoms with Gasteiger partial charge in [0.25, 0.3) is 0 Å². The molecule has 0 fully saturated rings. The first-order valence-corrected chi connectivity index (χ1v) is 13.2. The van der Waals surface area contributed by atoms with Gasteiger partial charge >= 0.3 is 0 Å². The van der Waals surface area contributed by atoms with E-state index in [-0.39, 0.29) is 21.8 Å². The third-order valence-electron chi connectivity index (χ3n) is 6.07. The van der Waals surface area contributed by atoms with E-state index in [1.54, 1.807) is 7.11 Å². The number of phenolic OH excluding ortho intramolecular Hbond substituents is 1. The summed E-state index contributed by atoms with van der Waals surface area (Å²) in [6.07, 6.45) is 5.50. The van der Waals surface area contributed by atoms with Gasteiger partial charge in [0, 0.05) is 23.7 Å². The summed E-state index contributed by atoms with van der Waals surface area (Å²) < 4.78 is 32.3. The van der Waals surface area contributed by atoms with Crippen LogP contribution in [-0.4, -0.2) is 39.2 Å².